The average Bonchev–Trinajstić information content (AvgIpc) is 2.24. The van der Waals surface area contributed by atoms with E-state index in [1.807, 2.05) is 0 Å². The molecule has 0 spiro atoms. The van der Waals surface area contributed by atoms with Crippen LogP contribution in [0, 0.1) is 0 Å². The van der Waals surface area contributed by atoms with Gasteiger partial charge in [0.15, 0.2) is 5.78 Å². The fourth-order valence-electron chi connectivity index (χ4n) is 2.63. The second-order valence-electron chi connectivity index (χ2n) is 5.34. The highest BCUT2D eigenvalue weighted by Crippen LogP contribution is 2.55. The monoisotopic (exact) mass is 263 g/mol. The molecule has 8 radical (unpaired) electrons. The maximum absolute atomic E-state index is 12.4. The summed E-state index contributed by atoms with van der Waals surface area (Å²) in [6, 6.07) is 6.70. The van der Waals surface area contributed by atoms with Crippen molar-refractivity contribution in [2.24, 2.45) is 5.73 Å². The van der Waals surface area contributed by atoms with Crippen LogP contribution in [0.4, 0.5) is 0 Å². The minimum Gasteiger partial charge on any atom is -0.316 e. The van der Waals surface area contributed by atoms with Gasteiger partial charge >= 0.3 is 0 Å². The van der Waals surface area contributed by atoms with E-state index < -0.39 is 21.7 Å². The van der Waals surface area contributed by atoms with E-state index in [-0.39, 0.29) is 12.8 Å². The molecule has 0 saturated heterocycles. The normalized spacial score (nSPS) is 29.1. The molecule has 2 rings (SSSR count). The molecule has 0 heterocycles. The highest BCUT2D eigenvalue weighted by Gasteiger charge is 2.54. The Morgan fingerprint density at radius 3 is 2.26 bits per heavy atom. The van der Waals surface area contributed by atoms with E-state index in [1.54, 1.807) is 24.3 Å². The van der Waals surface area contributed by atoms with Crippen LogP contribution in [0.2, 0.25) is 15.5 Å². The molecular formula is C12H10B4ClNO. The Kier molecular flexibility index (Phi) is 3.47. The van der Waals surface area contributed by atoms with Crippen LogP contribution >= 0.6 is 11.6 Å². The summed E-state index contributed by atoms with van der Waals surface area (Å²) in [6.45, 7) is 0. The Morgan fingerprint density at radius 2 is 1.74 bits per heavy atom. The molecule has 7 heteroatoms. The van der Waals surface area contributed by atoms with E-state index >= 15 is 0 Å². The van der Waals surface area contributed by atoms with E-state index in [0.717, 1.165) is 0 Å². The number of carbonyl (C=O) groups excluding carboxylic acids is 1. The van der Waals surface area contributed by atoms with Crippen molar-refractivity contribution in [2.45, 2.75) is 28.8 Å². The lowest BCUT2D eigenvalue weighted by Gasteiger charge is -2.53. The third-order valence-corrected chi connectivity index (χ3v) is 3.91. The van der Waals surface area contributed by atoms with Gasteiger partial charge in [0, 0.05) is 5.02 Å². The standard InChI is InChI=1S/C12H10B4ClNO/c13-10(14)5-9(19)12(18,11(15,16)6-10)7-3-1-2-4-8(7)17/h1-4H,5-6,18H2. The molecule has 1 aliphatic rings. The van der Waals surface area contributed by atoms with Crippen LogP contribution in [0.25, 0.3) is 0 Å². The molecule has 1 unspecified atom stereocenters. The summed E-state index contributed by atoms with van der Waals surface area (Å²) in [7, 11) is 23.7. The van der Waals surface area contributed by atoms with E-state index in [1.165, 1.54) is 0 Å². The second kappa shape index (κ2) is 4.46. The first-order valence-corrected chi connectivity index (χ1v) is 6.21. The summed E-state index contributed by atoms with van der Waals surface area (Å²) < 4.78 is 0. The average molecular weight is 263 g/mol. The molecule has 0 aliphatic heterocycles. The molecular weight excluding hydrogens is 253 g/mol. The summed E-state index contributed by atoms with van der Waals surface area (Å²) in [5, 5.41) is -2.50. The van der Waals surface area contributed by atoms with Gasteiger partial charge in [-0.05, 0) is 18.1 Å². The Bertz CT molecular complexity index is 534. The minimum absolute atomic E-state index is 0.00740. The van der Waals surface area contributed by atoms with Crippen molar-refractivity contribution >= 4 is 48.8 Å². The molecule has 1 aromatic carbocycles. The van der Waals surface area contributed by atoms with Gasteiger partial charge in [-0.1, -0.05) is 46.6 Å². The van der Waals surface area contributed by atoms with Gasteiger partial charge in [0.1, 0.15) is 0 Å². The fraction of sp³-hybridized carbons (Fsp3) is 0.417. The lowest BCUT2D eigenvalue weighted by molar-refractivity contribution is -0.127. The van der Waals surface area contributed by atoms with Gasteiger partial charge in [-0.2, -0.15) is 0 Å². The number of nitrogens with two attached hydrogens (primary N) is 1. The summed E-state index contributed by atoms with van der Waals surface area (Å²) >= 11 is 6.11. The lowest BCUT2D eigenvalue weighted by Crippen LogP contribution is -2.60. The van der Waals surface area contributed by atoms with Gasteiger partial charge in [-0.3, -0.25) is 4.79 Å². The van der Waals surface area contributed by atoms with Crippen LogP contribution in [0.1, 0.15) is 18.4 Å². The molecule has 1 fully saturated rings. The Labute approximate surface area is 123 Å². The first kappa shape index (κ1) is 14.8. The van der Waals surface area contributed by atoms with Crippen LogP contribution < -0.4 is 5.73 Å². The predicted molar refractivity (Wildman–Crippen MR) is 80.0 cm³/mol. The van der Waals surface area contributed by atoms with Crippen LogP contribution in [0.15, 0.2) is 24.3 Å². The fourth-order valence-corrected chi connectivity index (χ4v) is 2.91. The van der Waals surface area contributed by atoms with Gasteiger partial charge in [0.2, 0.25) is 0 Å². The summed E-state index contributed by atoms with van der Waals surface area (Å²) in [5.41, 5.74) is 5.02. The van der Waals surface area contributed by atoms with Crippen LogP contribution in [0.3, 0.4) is 0 Å². The minimum atomic E-state index is -1.60. The van der Waals surface area contributed by atoms with Crippen molar-refractivity contribution in [3.8, 4) is 0 Å². The molecule has 0 aromatic heterocycles. The SMILES string of the molecule is [B]C1([B])CC(=O)C(N)(c2ccccc2Cl)C([B])([B])C1. The molecule has 2 N–H and O–H groups in total. The van der Waals surface area contributed by atoms with Crippen LogP contribution in [0.5, 0.6) is 0 Å². The third kappa shape index (κ3) is 2.30. The van der Waals surface area contributed by atoms with E-state index in [2.05, 4.69) is 0 Å². The zero-order valence-electron chi connectivity index (χ0n) is 10.4. The topological polar surface area (TPSA) is 43.1 Å². The molecule has 1 aromatic rings. The van der Waals surface area contributed by atoms with Crippen LogP contribution in [-0.2, 0) is 10.3 Å². The van der Waals surface area contributed by atoms with Crippen molar-refractivity contribution in [1.29, 1.82) is 0 Å². The molecule has 1 saturated carbocycles. The summed E-state index contributed by atoms with van der Waals surface area (Å²) in [6.07, 6.45) is -0.0989. The van der Waals surface area contributed by atoms with E-state index in [0.29, 0.717) is 10.6 Å². The van der Waals surface area contributed by atoms with Gasteiger partial charge in [-0.25, -0.2) is 0 Å². The number of carbonyl (C=O) groups is 1. The zero-order valence-corrected chi connectivity index (χ0v) is 11.2. The smallest absolute Gasteiger partial charge is 0.155 e. The van der Waals surface area contributed by atoms with E-state index in [9.17, 15) is 4.79 Å². The Hall–Kier alpha value is -0.600. The predicted octanol–water partition coefficient (Wildman–Crippen LogP) is 0.763. The van der Waals surface area contributed by atoms with Gasteiger partial charge in [0.05, 0.1) is 36.9 Å². The quantitative estimate of drug-likeness (QED) is 0.760. The molecule has 1 aliphatic carbocycles. The van der Waals surface area contributed by atoms with Gasteiger partial charge in [0.25, 0.3) is 0 Å². The third-order valence-electron chi connectivity index (χ3n) is 3.58. The Balaban J connectivity index is 2.59. The largest absolute Gasteiger partial charge is 0.316 e. The number of ketones is 1. The number of Topliss-reactive ketones (excluding diaryl/α,β-unsaturated/α-hetero) is 1. The molecule has 1 atom stereocenters. The molecule has 0 bridgehead atoms. The molecule has 0 amide bonds. The highest BCUT2D eigenvalue weighted by molar-refractivity contribution is 6.48. The molecule has 19 heavy (non-hydrogen) atoms. The van der Waals surface area contributed by atoms with Crippen molar-refractivity contribution < 1.29 is 4.79 Å². The molecule has 2 nitrogen and oxygen atoms in total. The van der Waals surface area contributed by atoms with Crippen molar-refractivity contribution in [1.82, 2.24) is 0 Å². The van der Waals surface area contributed by atoms with Crippen molar-refractivity contribution in [3.63, 3.8) is 0 Å². The number of benzene rings is 1. The maximum Gasteiger partial charge on any atom is 0.155 e. The lowest BCUT2D eigenvalue weighted by atomic mass is 9.30. The summed E-state index contributed by atoms with van der Waals surface area (Å²) in [5.74, 6) is -0.415. The summed E-state index contributed by atoms with van der Waals surface area (Å²) in [4.78, 5) is 12.4. The number of hydrogen-bond donors (Lipinski definition) is 1. The molecule has 88 valence electrons. The van der Waals surface area contributed by atoms with Crippen molar-refractivity contribution in [3.05, 3.63) is 34.9 Å². The first-order valence-electron chi connectivity index (χ1n) is 5.83. The van der Waals surface area contributed by atoms with Crippen LogP contribution in [-0.4, -0.2) is 37.2 Å². The highest BCUT2D eigenvalue weighted by atomic mass is 35.5. The first-order chi connectivity index (χ1) is 8.60. The van der Waals surface area contributed by atoms with Gasteiger partial charge < -0.3 is 5.73 Å². The zero-order chi connectivity index (χ0) is 14.5. The maximum atomic E-state index is 12.4. The number of halogens is 1. The number of rotatable bonds is 1. The van der Waals surface area contributed by atoms with E-state index in [4.69, 9.17) is 48.7 Å². The number of hydrogen-bond acceptors (Lipinski definition) is 2. The second-order valence-corrected chi connectivity index (χ2v) is 5.75. The van der Waals surface area contributed by atoms with Crippen molar-refractivity contribution in [2.75, 3.05) is 0 Å². The Morgan fingerprint density at radius 1 is 1.16 bits per heavy atom. The van der Waals surface area contributed by atoms with Gasteiger partial charge in [-0.15, -0.1) is 0 Å².